The number of piperazine rings is 1. The van der Waals surface area contributed by atoms with Gasteiger partial charge in [-0.25, -0.2) is 13.2 Å². The number of sulfonamides is 1. The van der Waals surface area contributed by atoms with Gasteiger partial charge in [-0.05, 0) is 36.4 Å². The normalized spacial score (nSPS) is 19.3. The molecule has 2 fully saturated rings. The van der Waals surface area contributed by atoms with Crippen molar-refractivity contribution in [2.45, 2.75) is 24.3 Å². The summed E-state index contributed by atoms with van der Waals surface area (Å²) in [6.07, 6.45) is -5.96. The highest BCUT2D eigenvalue weighted by molar-refractivity contribution is 7.89. The molecular formula is C24H24F3N5O6S. The van der Waals surface area contributed by atoms with Crippen molar-refractivity contribution in [1.82, 2.24) is 19.3 Å². The van der Waals surface area contributed by atoms with Crippen molar-refractivity contribution in [3.05, 3.63) is 54.4 Å². The van der Waals surface area contributed by atoms with E-state index in [1.54, 1.807) is 31.2 Å². The van der Waals surface area contributed by atoms with E-state index in [0.29, 0.717) is 43.6 Å². The molecule has 0 saturated carbocycles. The van der Waals surface area contributed by atoms with Gasteiger partial charge in [-0.15, -0.1) is 13.2 Å². The van der Waals surface area contributed by atoms with Crippen LogP contribution >= 0.6 is 0 Å². The Bertz CT molecular complexity index is 1440. The van der Waals surface area contributed by atoms with E-state index in [9.17, 15) is 26.4 Å². The van der Waals surface area contributed by atoms with Gasteiger partial charge >= 0.3 is 12.5 Å². The van der Waals surface area contributed by atoms with Crippen molar-refractivity contribution >= 4 is 21.8 Å². The van der Waals surface area contributed by atoms with E-state index in [4.69, 9.17) is 9.26 Å². The number of para-hydroxylation sites is 1. The van der Waals surface area contributed by atoms with Crippen molar-refractivity contribution in [3.8, 4) is 17.1 Å². The first-order valence-corrected chi connectivity index (χ1v) is 13.4. The van der Waals surface area contributed by atoms with Crippen molar-refractivity contribution in [2.75, 3.05) is 44.2 Å². The molecule has 5 rings (SSSR count). The molecule has 1 unspecified atom stereocenters. The summed E-state index contributed by atoms with van der Waals surface area (Å²) in [5.41, 5.74) is 1.38. The molecule has 2 saturated heterocycles. The van der Waals surface area contributed by atoms with E-state index in [-0.39, 0.29) is 13.1 Å². The van der Waals surface area contributed by atoms with Crippen LogP contribution in [0.3, 0.4) is 0 Å². The lowest BCUT2D eigenvalue weighted by molar-refractivity contribution is -0.275. The number of aryl methyl sites for hydroxylation is 1. The maximum absolute atomic E-state index is 13.1. The fourth-order valence-electron chi connectivity index (χ4n) is 4.49. The number of rotatable bonds is 7. The minimum absolute atomic E-state index is 0.0596. The van der Waals surface area contributed by atoms with Gasteiger partial charge in [-0.1, -0.05) is 17.3 Å². The van der Waals surface area contributed by atoms with E-state index < -0.39 is 39.2 Å². The Hall–Kier alpha value is -3.69. The van der Waals surface area contributed by atoms with Gasteiger partial charge in [0.1, 0.15) is 16.7 Å². The van der Waals surface area contributed by atoms with Crippen LogP contribution in [0.15, 0.2) is 57.9 Å². The van der Waals surface area contributed by atoms with E-state index >= 15 is 0 Å². The molecule has 0 spiro atoms. The van der Waals surface area contributed by atoms with E-state index in [0.717, 1.165) is 22.0 Å². The molecule has 0 bridgehead atoms. The molecule has 2 aliphatic heterocycles. The summed E-state index contributed by atoms with van der Waals surface area (Å²) in [7, 11) is -4.22. The summed E-state index contributed by atoms with van der Waals surface area (Å²) in [6, 6.07) is 11.7. The van der Waals surface area contributed by atoms with Gasteiger partial charge in [-0.2, -0.15) is 9.29 Å². The van der Waals surface area contributed by atoms with Crippen LogP contribution in [0.25, 0.3) is 11.4 Å². The third kappa shape index (κ3) is 5.99. The molecule has 2 aromatic carbocycles. The third-order valence-corrected chi connectivity index (χ3v) is 8.26. The monoisotopic (exact) mass is 567 g/mol. The SMILES string of the molecule is Cc1nc(-c2ccc(N3CC(CN4CCN(S(=O)(=O)c5ccccc5OC(F)(F)F)CC4)OC3=O)cc2)no1. The number of benzene rings is 2. The minimum atomic E-state index is -5.02. The summed E-state index contributed by atoms with van der Waals surface area (Å²) in [4.78, 5) is 19.6. The zero-order valence-electron chi connectivity index (χ0n) is 20.7. The molecule has 11 nitrogen and oxygen atoms in total. The average molecular weight is 568 g/mol. The molecule has 3 aromatic rings. The van der Waals surface area contributed by atoms with Gasteiger partial charge in [-0.3, -0.25) is 9.80 Å². The van der Waals surface area contributed by atoms with Gasteiger partial charge in [0.15, 0.2) is 0 Å². The maximum atomic E-state index is 13.1. The first-order chi connectivity index (χ1) is 18.5. The number of amides is 1. The van der Waals surface area contributed by atoms with Crippen molar-refractivity contribution in [1.29, 1.82) is 0 Å². The van der Waals surface area contributed by atoms with Crippen LogP contribution in [0.1, 0.15) is 5.89 Å². The topological polar surface area (TPSA) is 118 Å². The number of cyclic esters (lactones) is 1. The van der Waals surface area contributed by atoms with Crippen LogP contribution in [-0.2, 0) is 14.8 Å². The molecular weight excluding hydrogens is 543 g/mol. The Labute approximate surface area is 221 Å². The molecule has 208 valence electrons. The minimum Gasteiger partial charge on any atom is -0.443 e. The number of hydrogen-bond acceptors (Lipinski definition) is 9. The first kappa shape index (κ1) is 26.9. The molecule has 15 heteroatoms. The van der Waals surface area contributed by atoms with Gasteiger partial charge in [0.05, 0.1) is 6.54 Å². The van der Waals surface area contributed by atoms with Gasteiger partial charge in [0.25, 0.3) is 0 Å². The second kappa shape index (κ2) is 10.5. The predicted octanol–water partition coefficient (Wildman–Crippen LogP) is 3.28. The number of nitrogens with zero attached hydrogens (tertiary/aromatic N) is 5. The number of carbonyl (C=O) groups is 1. The lowest BCUT2D eigenvalue weighted by Crippen LogP contribution is -2.50. The Morgan fingerprint density at radius 3 is 2.38 bits per heavy atom. The second-order valence-corrected chi connectivity index (χ2v) is 10.9. The molecule has 0 radical (unpaired) electrons. The largest absolute Gasteiger partial charge is 0.573 e. The summed E-state index contributed by atoms with van der Waals surface area (Å²) in [6.45, 7) is 3.12. The number of alkyl halides is 3. The van der Waals surface area contributed by atoms with Crippen LogP contribution in [0, 0.1) is 6.92 Å². The fraction of sp³-hybridized carbons (Fsp3) is 0.375. The van der Waals surface area contributed by atoms with Crippen LogP contribution in [0.2, 0.25) is 0 Å². The maximum Gasteiger partial charge on any atom is 0.573 e. The van der Waals surface area contributed by atoms with E-state index in [2.05, 4.69) is 14.9 Å². The fourth-order valence-corrected chi connectivity index (χ4v) is 6.02. The number of carbonyl (C=O) groups excluding carboxylic acids is 1. The standard InChI is InChI=1S/C24H24F3N5O6S/c1-16-28-22(29-38-16)17-6-8-18(9-7-17)32-15-19(36-23(32)33)14-30-10-12-31(13-11-30)39(34,35)21-5-3-2-4-20(21)37-24(25,26)27/h2-9,19H,10-15H2,1H3. The molecule has 1 aromatic heterocycles. The number of ether oxygens (including phenoxy) is 2. The summed E-state index contributed by atoms with van der Waals surface area (Å²) < 4.78 is 80.0. The lowest BCUT2D eigenvalue weighted by Gasteiger charge is -2.34. The van der Waals surface area contributed by atoms with Gasteiger partial charge < -0.3 is 14.0 Å². The molecule has 2 aliphatic rings. The van der Waals surface area contributed by atoms with Gasteiger partial charge in [0, 0.05) is 50.9 Å². The number of halogens is 3. The van der Waals surface area contributed by atoms with Crippen LogP contribution in [-0.4, -0.2) is 85.6 Å². The highest BCUT2D eigenvalue weighted by atomic mass is 32.2. The van der Waals surface area contributed by atoms with Crippen molar-refractivity contribution in [2.24, 2.45) is 0 Å². The summed E-state index contributed by atoms with van der Waals surface area (Å²) >= 11 is 0. The molecule has 39 heavy (non-hydrogen) atoms. The number of aromatic nitrogens is 2. The van der Waals surface area contributed by atoms with Gasteiger partial charge in [0.2, 0.25) is 21.7 Å². The zero-order chi connectivity index (χ0) is 27.8. The number of hydrogen-bond donors (Lipinski definition) is 0. The Morgan fingerprint density at radius 1 is 1.05 bits per heavy atom. The zero-order valence-corrected chi connectivity index (χ0v) is 21.5. The molecule has 1 amide bonds. The molecule has 0 aliphatic carbocycles. The van der Waals surface area contributed by atoms with E-state index in [1.165, 1.54) is 17.0 Å². The molecule has 1 atom stereocenters. The van der Waals surface area contributed by atoms with Crippen molar-refractivity contribution < 1.29 is 40.4 Å². The average Bonchev–Trinajstić information content (AvgIpc) is 3.49. The summed E-state index contributed by atoms with van der Waals surface area (Å²) in [5, 5.41) is 3.87. The second-order valence-electron chi connectivity index (χ2n) is 9.00. The first-order valence-electron chi connectivity index (χ1n) is 12.0. The van der Waals surface area contributed by atoms with Crippen molar-refractivity contribution in [3.63, 3.8) is 0 Å². The van der Waals surface area contributed by atoms with Crippen LogP contribution < -0.4 is 9.64 Å². The molecule has 3 heterocycles. The number of anilines is 1. The highest BCUT2D eigenvalue weighted by Crippen LogP contribution is 2.32. The van der Waals surface area contributed by atoms with E-state index in [1.807, 2.05) is 4.90 Å². The Kier molecular flexibility index (Phi) is 7.22. The lowest BCUT2D eigenvalue weighted by atomic mass is 10.2. The molecule has 0 N–H and O–H groups in total. The smallest absolute Gasteiger partial charge is 0.443 e. The van der Waals surface area contributed by atoms with Crippen LogP contribution in [0.4, 0.5) is 23.7 Å². The predicted molar refractivity (Wildman–Crippen MR) is 130 cm³/mol. The van der Waals surface area contributed by atoms with Crippen LogP contribution in [0.5, 0.6) is 5.75 Å². The summed E-state index contributed by atoms with van der Waals surface area (Å²) in [5.74, 6) is 0.114. The Morgan fingerprint density at radius 2 is 1.74 bits per heavy atom. The quantitative estimate of drug-likeness (QED) is 0.424. The third-order valence-electron chi connectivity index (χ3n) is 6.32. The Balaban J connectivity index is 1.17. The highest BCUT2D eigenvalue weighted by Gasteiger charge is 2.38.